The molecule has 0 amide bonds. The van der Waals surface area contributed by atoms with Crippen LogP contribution in [-0.2, 0) is 4.57 Å². The van der Waals surface area contributed by atoms with Crippen molar-refractivity contribution >= 4 is 37.8 Å². The van der Waals surface area contributed by atoms with Gasteiger partial charge in [-0.2, -0.15) is 19.7 Å². The zero-order valence-corrected chi connectivity index (χ0v) is 10.9. The summed E-state index contributed by atoms with van der Waals surface area (Å²) >= 11 is 0. The van der Waals surface area contributed by atoms with Crippen LogP contribution in [0.2, 0.25) is 0 Å². The summed E-state index contributed by atoms with van der Waals surface area (Å²) in [5.74, 6) is 0. The maximum atomic E-state index is 11.0. The number of oxazole rings is 1. The molecule has 0 bridgehead atoms. The number of hydrogen-bond donors (Lipinski definition) is 5. The maximum Gasteiger partial charge on any atom is 0.470 e. The standard InChI is InChI=1S/C8H8N2O7P2/c11-18(12,13)8(19(14,15)16)10-7-9-5-3-1-2-4-6(5)17-7/h1-4,11-13H,(H-,14,15,16)/p+1. The SMILES string of the molecule is O=P(O)(O)C(=Nc1nc2ccccc2o1)[P+](O)(O)O. The number of para-hydroxylation sites is 2. The van der Waals surface area contributed by atoms with E-state index in [0.29, 0.717) is 11.1 Å². The Labute approximate surface area is 106 Å². The molecule has 1 aromatic carbocycles. The molecular weight excluding hydrogens is 298 g/mol. The van der Waals surface area contributed by atoms with Crippen molar-refractivity contribution in [3.05, 3.63) is 24.3 Å². The smallest absolute Gasteiger partial charge is 0.422 e. The van der Waals surface area contributed by atoms with Crippen LogP contribution in [0, 0.1) is 0 Å². The number of aromatic nitrogens is 1. The van der Waals surface area contributed by atoms with Gasteiger partial charge in [-0.15, -0.1) is 4.99 Å². The third kappa shape index (κ3) is 3.23. The molecule has 0 aliphatic heterocycles. The summed E-state index contributed by atoms with van der Waals surface area (Å²) < 4.78 is 16.1. The summed E-state index contributed by atoms with van der Waals surface area (Å²) in [4.78, 5) is 51.7. The lowest BCUT2D eigenvalue weighted by Crippen LogP contribution is -2.05. The summed E-state index contributed by atoms with van der Waals surface area (Å²) in [6.45, 7) is 0. The molecule has 0 unspecified atom stereocenters. The Morgan fingerprint density at radius 3 is 2.42 bits per heavy atom. The zero-order valence-electron chi connectivity index (χ0n) is 9.15. The van der Waals surface area contributed by atoms with Gasteiger partial charge in [-0.05, 0) is 12.1 Å². The fourth-order valence-corrected chi connectivity index (χ4v) is 3.13. The molecule has 0 saturated heterocycles. The highest BCUT2D eigenvalue weighted by Crippen LogP contribution is 2.61. The molecule has 9 nitrogen and oxygen atoms in total. The average Bonchev–Trinajstić information content (AvgIpc) is 2.65. The number of aliphatic imine (C=N–C) groups is 1. The minimum Gasteiger partial charge on any atom is -0.422 e. The fourth-order valence-electron chi connectivity index (χ4n) is 1.30. The number of benzene rings is 1. The molecule has 11 heteroatoms. The Kier molecular flexibility index (Phi) is 3.55. The molecule has 0 atom stereocenters. The number of fused-ring (bicyclic) bond motifs is 1. The predicted octanol–water partition coefficient (Wildman–Crippen LogP) is 0.732. The van der Waals surface area contributed by atoms with E-state index in [0.717, 1.165) is 0 Å². The molecule has 0 fully saturated rings. The van der Waals surface area contributed by atoms with Gasteiger partial charge < -0.3 is 14.2 Å². The van der Waals surface area contributed by atoms with E-state index in [4.69, 9.17) is 28.9 Å². The number of hydrogen-bond acceptors (Lipinski definition) is 7. The summed E-state index contributed by atoms with van der Waals surface area (Å²) in [5.41, 5.74) is 0.660. The first-order valence-corrected chi connectivity index (χ1v) is 8.02. The Bertz CT molecular complexity index is 651. The Morgan fingerprint density at radius 2 is 1.89 bits per heavy atom. The Morgan fingerprint density at radius 1 is 1.26 bits per heavy atom. The van der Waals surface area contributed by atoms with E-state index < -0.39 is 26.7 Å². The Balaban J connectivity index is 2.56. The molecule has 102 valence electrons. The van der Waals surface area contributed by atoms with Crippen LogP contribution in [0.15, 0.2) is 33.7 Å². The highest BCUT2D eigenvalue weighted by Gasteiger charge is 2.52. The summed E-state index contributed by atoms with van der Waals surface area (Å²) in [6.07, 6.45) is 0. The third-order valence-corrected chi connectivity index (χ3v) is 4.85. The molecular formula is C8H9N2O7P2+. The van der Waals surface area contributed by atoms with Crippen LogP contribution in [0.5, 0.6) is 0 Å². The second-order valence-corrected chi connectivity index (χ2v) is 6.91. The van der Waals surface area contributed by atoms with Crippen molar-refractivity contribution in [2.24, 2.45) is 4.99 Å². The van der Waals surface area contributed by atoms with Crippen LogP contribution in [0.1, 0.15) is 0 Å². The minimum atomic E-state index is -5.16. The highest BCUT2D eigenvalue weighted by molar-refractivity contribution is 8.00. The first-order chi connectivity index (χ1) is 8.68. The molecule has 2 rings (SSSR count). The topological polar surface area (TPSA) is 157 Å². The lowest BCUT2D eigenvalue weighted by molar-refractivity contribution is 0.348. The van der Waals surface area contributed by atoms with Crippen molar-refractivity contribution in [2.75, 3.05) is 0 Å². The Hall–Kier alpha value is -1.18. The molecule has 0 spiro atoms. The second-order valence-electron chi connectivity index (χ2n) is 3.49. The molecule has 0 saturated carbocycles. The molecule has 0 aliphatic carbocycles. The monoisotopic (exact) mass is 307 g/mol. The van der Waals surface area contributed by atoms with Crippen LogP contribution in [-0.4, -0.2) is 34.6 Å². The average molecular weight is 307 g/mol. The van der Waals surface area contributed by atoms with Gasteiger partial charge in [-0.1, -0.05) is 12.1 Å². The van der Waals surface area contributed by atoms with Gasteiger partial charge in [0.15, 0.2) is 5.58 Å². The lowest BCUT2D eigenvalue weighted by atomic mass is 10.3. The minimum absolute atomic E-state index is 0.295. The van der Waals surface area contributed by atoms with Gasteiger partial charge in [0.05, 0.1) is 0 Å². The van der Waals surface area contributed by atoms with Crippen molar-refractivity contribution in [3.8, 4) is 0 Å². The van der Waals surface area contributed by atoms with Gasteiger partial charge in [0.2, 0.25) is 0 Å². The summed E-state index contributed by atoms with van der Waals surface area (Å²) in [7, 11) is -10.1. The maximum absolute atomic E-state index is 11.0. The molecule has 19 heavy (non-hydrogen) atoms. The van der Waals surface area contributed by atoms with Gasteiger partial charge in [0.25, 0.3) is 0 Å². The quantitative estimate of drug-likeness (QED) is 0.410. The van der Waals surface area contributed by atoms with Crippen molar-refractivity contribution in [2.45, 2.75) is 0 Å². The van der Waals surface area contributed by atoms with E-state index >= 15 is 0 Å². The van der Waals surface area contributed by atoms with Crippen molar-refractivity contribution in [1.29, 1.82) is 0 Å². The van der Waals surface area contributed by atoms with Crippen LogP contribution in [0.25, 0.3) is 11.1 Å². The molecule has 1 aromatic heterocycles. The van der Waals surface area contributed by atoms with Gasteiger partial charge in [-0.3, -0.25) is 0 Å². The van der Waals surface area contributed by atoms with Gasteiger partial charge in [0, 0.05) is 0 Å². The second kappa shape index (κ2) is 4.73. The molecule has 0 radical (unpaired) electrons. The normalized spacial score (nSPS) is 14.1. The van der Waals surface area contributed by atoms with Crippen LogP contribution >= 0.6 is 15.5 Å². The molecule has 5 N–H and O–H groups in total. The fraction of sp³-hybridized carbons (Fsp3) is 0. The van der Waals surface area contributed by atoms with Gasteiger partial charge in [-0.25, -0.2) is 4.57 Å². The summed E-state index contributed by atoms with van der Waals surface area (Å²) in [6, 6.07) is 5.91. The summed E-state index contributed by atoms with van der Waals surface area (Å²) in [5, 5.41) is -1.47. The van der Waals surface area contributed by atoms with Gasteiger partial charge >= 0.3 is 26.7 Å². The van der Waals surface area contributed by atoms with E-state index in [-0.39, 0.29) is 0 Å². The van der Waals surface area contributed by atoms with Crippen molar-refractivity contribution < 1.29 is 33.4 Å². The van der Waals surface area contributed by atoms with E-state index in [1.807, 2.05) is 0 Å². The number of rotatable bonds is 3. The molecule has 1 heterocycles. The van der Waals surface area contributed by atoms with Crippen LogP contribution in [0.3, 0.4) is 0 Å². The van der Waals surface area contributed by atoms with Crippen molar-refractivity contribution in [1.82, 2.24) is 4.98 Å². The van der Waals surface area contributed by atoms with Crippen LogP contribution in [0.4, 0.5) is 6.01 Å². The number of nitrogens with zero attached hydrogens (tertiary/aromatic N) is 2. The zero-order chi connectivity index (χ0) is 14.3. The van der Waals surface area contributed by atoms with E-state index in [9.17, 15) is 4.57 Å². The van der Waals surface area contributed by atoms with Gasteiger partial charge in [0.1, 0.15) is 5.52 Å². The van der Waals surface area contributed by atoms with E-state index in [2.05, 4.69) is 9.98 Å². The third-order valence-electron chi connectivity index (χ3n) is 2.01. The lowest BCUT2D eigenvalue weighted by Gasteiger charge is -2.06. The first kappa shape index (κ1) is 14.2. The first-order valence-electron chi connectivity index (χ1n) is 4.76. The largest absolute Gasteiger partial charge is 0.470 e. The van der Waals surface area contributed by atoms with Crippen LogP contribution < -0.4 is 0 Å². The highest BCUT2D eigenvalue weighted by atomic mass is 31.3. The predicted molar refractivity (Wildman–Crippen MR) is 66.7 cm³/mol. The molecule has 0 aliphatic rings. The van der Waals surface area contributed by atoms with Crippen molar-refractivity contribution in [3.63, 3.8) is 0 Å². The van der Waals surface area contributed by atoms with E-state index in [1.165, 1.54) is 6.07 Å². The van der Waals surface area contributed by atoms with E-state index in [1.54, 1.807) is 18.2 Å². The molecule has 2 aromatic rings.